The Morgan fingerprint density at radius 1 is 1.10 bits per heavy atom. The standard InChI is InChI=1S/C17H14N2O2/c1-21-13-6-2-5-12(10-13)15-9-8-11-4-3-7-14(17(18)20)16(11)19-15/h2-10H,1H3,(H2,18,20). The summed E-state index contributed by atoms with van der Waals surface area (Å²) < 4.78 is 5.22. The summed E-state index contributed by atoms with van der Waals surface area (Å²) in [5.41, 5.74) is 8.16. The molecule has 0 radical (unpaired) electrons. The molecule has 21 heavy (non-hydrogen) atoms. The summed E-state index contributed by atoms with van der Waals surface area (Å²) in [5.74, 6) is 0.286. The molecule has 1 amide bonds. The van der Waals surface area contributed by atoms with Crippen molar-refractivity contribution in [3.63, 3.8) is 0 Å². The number of carbonyl (C=O) groups is 1. The fraction of sp³-hybridized carbons (Fsp3) is 0.0588. The van der Waals surface area contributed by atoms with E-state index in [2.05, 4.69) is 4.98 Å². The second-order valence-corrected chi connectivity index (χ2v) is 4.67. The van der Waals surface area contributed by atoms with Crippen LogP contribution in [0.15, 0.2) is 54.6 Å². The molecule has 2 N–H and O–H groups in total. The topological polar surface area (TPSA) is 65.2 Å². The molecule has 0 bridgehead atoms. The fourth-order valence-corrected chi connectivity index (χ4v) is 2.29. The van der Waals surface area contributed by atoms with E-state index in [1.807, 2.05) is 42.5 Å². The van der Waals surface area contributed by atoms with Crippen molar-refractivity contribution in [2.45, 2.75) is 0 Å². The average molecular weight is 278 g/mol. The van der Waals surface area contributed by atoms with E-state index in [1.54, 1.807) is 19.2 Å². The maximum absolute atomic E-state index is 11.5. The summed E-state index contributed by atoms with van der Waals surface area (Å²) in [7, 11) is 1.62. The Morgan fingerprint density at radius 2 is 1.90 bits per heavy atom. The Labute approximate surface area is 122 Å². The predicted molar refractivity (Wildman–Crippen MR) is 82.2 cm³/mol. The first-order chi connectivity index (χ1) is 10.2. The molecule has 3 aromatic rings. The number of methoxy groups -OCH3 is 1. The lowest BCUT2D eigenvalue weighted by Gasteiger charge is -2.07. The second-order valence-electron chi connectivity index (χ2n) is 4.67. The van der Waals surface area contributed by atoms with Crippen LogP contribution in [0.1, 0.15) is 10.4 Å². The van der Waals surface area contributed by atoms with Crippen molar-refractivity contribution in [2.75, 3.05) is 7.11 Å². The Kier molecular flexibility index (Phi) is 3.28. The number of carbonyl (C=O) groups excluding carboxylic acids is 1. The van der Waals surface area contributed by atoms with Crippen molar-refractivity contribution in [1.82, 2.24) is 4.98 Å². The number of nitrogens with two attached hydrogens (primary N) is 1. The van der Waals surface area contributed by atoms with Crippen LogP contribution in [0.3, 0.4) is 0 Å². The molecule has 0 saturated carbocycles. The SMILES string of the molecule is COc1cccc(-c2ccc3cccc(C(N)=O)c3n2)c1. The van der Waals surface area contributed by atoms with Gasteiger partial charge < -0.3 is 10.5 Å². The van der Waals surface area contributed by atoms with Crippen molar-refractivity contribution >= 4 is 16.8 Å². The summed E-state index contributed by atoms with van der Waals surface area (Å²) in [6, 6.07) is 16.9. The molecule has 1 aromatic heterocycles. The predicted octanol–water partition coefficient (Wildman–Crippen LogP) is 3.01. The Bertz CT molecular complexity index is 828. The van der Waals surface area contributed by atoms with Gasteiger partial charge in [-0.25, -0.2) is 4.98 Å². The largest absolute Gasteiger partial charge is 0.497 e. The first-order valence-electron chi connectivity index (χ1n) is 6.53. The Hall–Kier alpha value is -2.88. The molecule has 0 aliphatic rings. The smallest absolute Gasteiger partial charge is 0.250 e. The van der Waals surface area contributed by atoms with Crippen LogP contribution in [0.4, 0.5) is 0 Å². The minimum atomic E-state index is -0.476. The van der Waals surface area contributed by atoms with Crippen LogP contribution in [-0.2, 0) is 0 Å². The van der Waals surface area contributed by atoms with E-state index in [4.69, 9.17) is 10.5 Å². The van der Waals surface area contributed by atoms with Crippen molar-refractivity contribution < 1.29 is 9.53 Å². The molecule has 3 rings (SSSR count). The number of aromatic nitrogens is 1. The van der Waals surface area contributed by atoms with Crippen molar-refractivity contribution in [2.24, 2.45) is 5.73 Å². The van der Waals surface area contributed by atoms with E-state index in [1.165, 1.54) is 0 Å². The van der Waals surface area contributed by atoms with Crippen LogP contribution < -0.4 is 10.5 Å². The number of rotatable bonds is 3. The highest BCUT2D eigenvalue weighted by atomic mass is 16.5. The summed E-state index contributed by atoms with van der Waals surface area (Å²) in [6.07, 6.45) is 0. The molecule has 2 aromatic carbocycles. The number of ether oxygens (including phenoxy) is 1. The molecule has 0 spiro atoms. The van der Waals surface area contributed by atoms with E-state index in [-0.39, 0.29) is 0 Å². The van der Waals surface area contributed by atoms with Crippen molar-refractivity contribution in [1.29, 1.82) is 0 Å². The minimum absolute atomic E-state index is 0.428. The third-order valence-corrected chi connectivity index (χ3v) is 3.35. The fourth-order valence-electron chi connectivity index (χ4n) is 2.29. The van der Waals surface area contributed by atoms with Gasteiger partial charge in [0.25, 0.3) is 5.91 Å². The highest BCUT2D eigenvalue weighted by molar-refractivity contribution is 6.05. The molecule has 4 nitrogen and oxygen atoms in total. The number of fused-ring (bicyclic) bond motifs is 1. The van der Waals surface area contributed by atoms with E-state index in [0.717, 1.165) is 22.4 Å². The maximum Gasteiger partial charge on any atom is 0.250 e. The zero-order chi connectivity index (χ0) is 14.8. The van der Waals surface area contributed by atoms with Gasteiger partial charge in [0.1, 0.15) is 5.75 Å². The van der Waals surface area contributed by atoms with Gasteiger partial charge in [-0.05, 0) is 24.3 Å². The summed E-state index contributed by atoms with van der Waals surface area (Å²) in [5, 5.41) is 0.887. The zero-order valence-electron chi connectivity index (χ0n) is 11.5. The molecule has 104 valence electrons. The molecule has 0 fully saturated rings. The highest BCUT2D eigenvalue weighted by Crippen LogP contribution is 2.25. The highest BCUT2D eigenvalue weighted by Gasteiger charge is 2.09. The number of nitrogens with zero attached hydrogens (tertiary/aromatic N) is 1. The quantitative estimate of drug-likeness (QED) is 0.801. The molecule has 0 aliphatic carbocycles. The van der Waals surface area contributed by atoms with E-state index in [9.17, 15) is 4.79 Å². The van der Waals surface area contributed by atoms with Gasteiger partial charge in [-0.3, -0.25) is 4.79 Å². The normalized spacial score (nSPS) is 10.5. The number of hydrogen-bond donors (Lipinski definition) is 1. The zero-order valence-corrected chi connectivity index (χ0v) is 11.5. The third kappa shape index (κ3) is 2.43. The van der Waals surface area contributed by atoms with Crippen LogP contribution in [0.5, 0.6) is 5.75 Å². The van der Waals surface area contributed by atoms with E-state index in [0.29, 0.717) is 11.1 Å². The van der Waals surface area contributed by atoms with Gasteiger partial charge in [-0.15, -0.1) is 0 Å². The van der Waals surface area contributed by atoms with Gasteiger partial charge in [0.2, 0.25) is 0 Å². The summed E-state index contributed by atoms with van der Waals surface area (Å²) in [4.78, 5) is 16.1. The minimum Gasteiger partial charge on any atom is -0.497 e. The van der Waals surface area contributed by atoms with Crippen molar-refractivity contribution in [3.05, 3.63) is 60.2 Å². The summed E-state index contributed by atoms with van der Waals surface area (Å²) >= 11 is 0. The first kappa shape index (κ1) is 13.1. The molecule has 0 aliphatic heterocycles. The number of para-hydroxylation sites is 1. The third-order valence-electron chi connectivity index (χ3n) is 3.35. The lowest BCUT2D eigenvalue weighted by Crippen LogP contribution is -2.11. The number of benzene rings is 2. The molecule has 0 saturated heterocycles. The maximum atomic E-state index is 11.5. The lowest BCUT2D eigenvalue weighted by molar-refractivity contribution is 0.100. The molecule has 0 atom stereocenters. The first-order valence-corrected chi connectivity index (χ1v) is 6.53. The van der Waals surface area contributed by atoms with Crippen LogP contribution in [-0.4, -0.2) is 18.0 Å². The van der Waals surface area contributed by atoms with E-state index < -0.39 is 5.91 Å². The van der Waals surface area contributed by atoms with E-state index >= 15 is 0 Å². The molecule has 0 unspecified atom stereocenters. The van der Waals surface area contributed by atoms with Gasteiger partial charge in [0.05, 0.1) is 23.9 Å². The molecular weight excluding hydrogens is 264 g/mol. The van der Waals surface area contributed by atoms with Gasteiger partial charge in [-0.1, -0.05) is 30.3 Å². The Balaban J connectivity index is 2.20. The lowest BCUT2D eigenvalue weighted by atomic mass is 10.1. The molecular formula is C17H14N2O2. The molecule has 4 heteroatoms. The molecule has 1 heterocycles. The van der Waals surface area contributed by atoms with Gasteiger partial charge >= 0.3 is 0 Å². The summed E-state index contributed by atoms with van der Waals surface area (Å²) in [6.45, 7) is 0. The number of pyridine rings is 1. The number of hydrogen-bond acceptors (Lipinski definition) is 3. The van der Waals surface area contributed by atoms with Crippen LogP contribution in [0.25, 0.3) is 22.2 Å². The van der Waals surface area contributed by atoms with Gasteiger partial charge in [0, 0.05) is 10.9 Å². The van der Waals surface area contributed by atoms with Crippen LogP contribution in [0.2, 0.25) is 0 Å². The van der Waals surface area contributed by atoms with Gasteiger partial charge in [0.15, 0.2) is 0 Å². The van der Waals surface area contributed by atoms with Gasteiger partial charge in [-0.2, -0.15) is 0 Å². The van der Waals surface area contributed by atoms with Crippen LogP contribution >= 0.6 is 0 Å². The number of amides is 1. The van der Waals surface area contributed by atoms with Crippen LogP contribution in [0, 0.1) is 0 Å². The Morgan fingerprint density at radius 3 is 2.67 bits per heavy atom. The average Bonchev–Trinajstić information content (AvgIpc) is 2.53. The monoisotopic (exact) mass is 278 g/mol. The number of primary amides is 1. The second kappa shape index (κ2) is 5.25. The van der Waals surface area contributed by atoms with Crippen molar-refractivity contribution in [3.8, 4) is 17.0 Å².